The van der Waals surface area contributed by atoms with Crippen molar-refractivity contribution in [2.75, 3.05) is 10.2 Å². The van der Waals surface area contributed by atoms with Crippen LogP contribution in [0, 0.1) is 35.5 Å². The van der Waals surface area contributed by atoms with Crippen LogP contribution in [0.4, 0.5) is 11.4 Å². The number of anilines is 2. The van der Waals surface area contributed by atoms with E-state index in [0.717, 1.165) is 10.9 Å². The number of amides is 3. The molecule has 2 aromatic rings. The van der Waals surface area contributed by atoms with Crippen LogP contribution in [0.5, 0.6) is 0 Å². The number of nitrogens with zero attached hydrogens (tertiary/aromatic N) is 1. The van der Waals surface area contributed by atoms with Gasteiger partial charge in [0.25, 0.3) is 5.91 Å². The van der Waals surface area contributed by atoms with E-state index in [0.29, 0.717) is 28.8 Å². The first-order chi connectivity index (χ1) is 14.5. The first-order valence-corrected chi connectivity index (χ1v) is 11.1. The molecule has 2 saturated carbocycles. The van der Waals surface area contributed by atoms with Crippen molar-refractivity contribution in [2.24, 2.45) is 35.5 Å². The number of halogens is 1. The Labute approximate surface area is 182 Å². The molecule has 0 radical (unpaired) electrons. The minimum atomic E-state index is -0.237. The summed E-state index contributed by atoms with van der Waals surface area (Å²) in [5, 5.41) is 2.85. The van der Waals surface area contributed by atoms with E-state index in [1.807, 2.05) is 24.3 Å². The Morgan fingerprint density at radius 3 is 2.00 bits per heavy atom. The summed E-state index contributed by atoms with van der Waals surface area (Å²) in [4.78, 5) is 40.2. The van der Waals surface area contributed by atoms with E-state index in [2.05, 4.69) is 33.4 Å². The molecular formula is C24H19BrN2O3. The summed E-state index contributed by atoms with van der Waals surface area (Å²) in [5.74, 6) is 0.769. The quantitative estimate of drug-likeness (QED) is 0.547. The van der Waals surface area contributed by atoms with E-state index in [4.69, 9.17) is 0 Å². The molecule has 1 saturated heterocycles. The maximum atomic E-state index is 13.2. The third kappa shape index (κ3) is 2.56. The molecule has 0 spiro atoms. The molecular weight excluding hydrogens is 444 g/mol. The second-order valence-electron chi connectivity index (χ2n) is 8.67. The molecule has 3 amide bonds. The lowest BCUT2D eigenvalue weighted by atomic mass is 9.63. The Morgan fingerprint density at radius 2 is 1.43 bits per heavy atom. The van der Waals surface area contributed by atoms with Gasteiger partial charge in [-0.15, -0.1) is 0 Å². The van der Waals surface area contributed by atoms with Crippen LogP contribution < -0.4 is 10.2 Å². The normalized spacial score (nSPS) is 32.8. The van der Waals surface area contributed by atoms with Gasteiger partial charge in [-0.25, -0.2) is 0 Å². The fourth-order valence-corrected chi connectivity index (χ4v) is 5.97. The molecule has 1 heterocycles. The van der Waals surface area contributed by atoms with Crippen molar-refractivity contribution in [1.82, 2.24) is 0 Å². The molecule has 0 aromatic heterocycles. The van der Waals surface area contributed by atoms with Gasteiger partial charge in [0.2, 0.25) is 11.8 Å². The summed E-state index contributed by atoms with van der Waals surface area (Å²) in [6.45, 7) is 0. The highest BCUT2D eigenvalue weighted by Crippen LogP contribution is 2.65. The molecule has 2 aromatic carbocycles. The monoisotopic (exact) mass is 462 g/mol. The van der Waals surface area contributed by atoms with Crippen molar-refractivity contribution in [3.05, 3.63) is 70.7 Å². The zero-order valence-corrected chi connectivity index (χ0v) is 17.6. The Hall–Kier alpha value is -2.73. The maximum absolute atomic E-state index is 13.2. The molecule has 0 unspecified atom stereocenters. The van der Waals surface area contributed by atoms with Gasteiger partial charge < -0.3 is 5.32 Å². The van der Waals surface area contributed by atoms with Gasteiger partial charge in [0.05, 0.1) is 17.5 Å². The zero-order chi connectivity index (χ0) is 20.6. The van der Waals surface area contributed by atoms with E-state index in [1.165, 1.54) is 4.90 Å². The van der Waals surface area contributed by atoms with E-state index < -0.39 is 0 Å². The van der Waals surface area contributed by atoms with Crippen molar-refractivity contribution < 1.29 is 14.4 Å². The predicted octanol–water partition coefficient (Wildman–Crippen LogP) is 4.26. The molecule has 5 aliphatic rings. The van der Waals surface area contributed by atoms with Crippen molar-refractivity contribution >= 4 is 45.0 Å². The van der Waals surface area contributed by atoms with Crippen LogP contribution in [0.2, 0.25) is 0 Å². The lowest BCUT2D eigenvalue weighted by Crippen LogP contribution is -2.40. The van der Waals surface area contributed by atoms with Gasteiger partial charge in [-0.2, -0.15) is 0 Å². The zero-order valence-electron chi connectivity index (χ0n) is 16.0. The summed E-state index contributed by atoms with van der Waals surface area (Å²) in [5.41, 5.74) is 1.72. The third-order valence-electron chi connectivity index (χ3n) is 7.15. The number of allylic oxidation sites excluding steroid dienone is 2. The average molecular weight is 463 g/mol. The van der Waals surface area contributed by atoms with E-state index in [1.54, 1.807) is 24.3 Å². The van der Waals surface area contributed by atoms with E-state index in [-0.39, 0.29) is 41.4 Å². The van der Waals surface area contributed by atoms with Gasteiger partial charge in [0, 0.05) is 15.7 Å². The molecule has 150 valence electrons. The van der Waals surface area contributed by atoms with Crippen LogP contribution in [0.1, 0.15) is 16.8 Å². The second-order valence-corrected chi connectivity index (χ2v) is 9.59. The molecule has 7 rings (SSSR count). The Balaban J connectivity index is 1.23. The SMILES string of the molecule is O=C(Nc1ccc(Br)cc1)c1ccc(N2C(=O)[C@H]3[C@@H]4C=C[C@@H]([C@H]5C[C@H]45)[C@@H]3C2=O)cc1. The van der Waals surface area contributed by atoms with Gasteiger partial charge in [-0.3, -0.25) is 19.3 Å². The molecule has 4 aliphatic carbocycles. The molecule has 2 bridgehead atoms. The van der Waals surface area contributed by atoms with Crippen molar-refractivity contribution in [1.29, 1.82) is 0 Å². The topological polar surface area (TPSA) is 66.5 Å². The molecule has 1 aliphatic heterocycles. The van der Waals surface area contributed by atoms with Crippen molar-refractivity contribution in [2.45, 2.75) is 6.42 Å². The summed E-state index contributed by atoms with van der Waals surface area (Å²) >= 11 is 3.37. The largest absolute Gasteiger partial charge is 0.322 e. The number of hydrogen-bond donors (Lipinski definition) is 1. The number of carbonyl (C=O) groups is 3. The molecule has 30 heavy (non-hydrogen) atoms. The minimum Gasteiger partial charge on any atom is -0.322 e. The molecule has 5 nitrogen and oxygen atoms in total. The smallest absolute Gasteiger partial charge is 0.255 e. The first kappa shape index (κ1) is 18.1. The lowest BCUT2D eigenvalue weighted by Gasteiger charge is -2.37. The van der Waals surface area contributed by atoms with Gasteiger partial charge >= 0.3 is 0 Å². The maximum Gasteiger partial charge on any atom is 0.255 e. The summed E-state index contributed by atoms with van der Waals surface area (Å²) in [6.07, 6.45) is 5.49. The number of rotatable bonds is 3. The third-order valence-corrected chi connectivity index (χ3v) is 7.68. The standard InChI is InChI=1S/C24H19BrN2O3/c25-13-3-5-14(6-4-13)26-22(28)12-1-7-15(8-2-12)27-23(29)20-16-9-10-17(19-11-18(16)19)21(20)24(27)30/h1-10,16-21H,11H2,(H,26,28)/t16-,17+,18-,19-,20+,21+/m1/s1. The number of imide groups is 1. The lowest BCUT2D eigenvalue weighted by molar-refractivity contribution is -0.124. The molecule has 6 heteroatoms. The van der Waals surface area contributed by atoms with Gasteiger partial charge in [0.1, 0.15) is 0 Å². The first-order valence-electron chi connectivity index (χ1n) is 10.3. The predicted molar refractivity (Wildman–Crippen MR) is 116 cm³/mol. The average Bonchev–Trinajstić information content (AvgIpc) is 3.53. The molecule has 3 fully saturated rings. The van der Waals surface area contributed by atoms with Crippen LogP contribution >= 0.6 is 15.9 Å². The number of nitrogens with one attached hydrogen (secondary N) is 1. The van der Waals surface area contributed by atoms with Crippen LogP contribution in [0.3, 0.4) is 0 Å². The fraction of sp³-hybridized carbons (Fsp3) is 0.292. The molecule has 6 atom stereocenters. The van der Waals surface area contributed by atoms with Crippen LogP contribution in [-0.2, 0) is 9.59 Å². The highest BCUT2D eigenvalue weighted by molar-refractivity contribution is 9.10. The number of benzene rings is 2. The number of carbonyl (C=O) groups excluding carboxylic acids is 3. The van der Waals surface area contributed by atoms with Gasteiger partial charge in [-0.1, -0.05) is 28.1 Å². The van der Waals surface area contributed by atoms with Crippen molar-refractivity contribution in [3.63, 3.8) is 0 Å². The Morgan fingerprint density at radius 1 is 0.867 bits per heavy atom. The number of hydrogen-bond acceptors (Lipinski definition) is 3. The fourth-order valence-electron chi connectivity index (χ4n) is 5.71. The Kier molecular flexibility index (Phi) is 3.84. The summed E-state index contributed by atoms with van der Waals surface area (Å²) in [6, 6.07) is 14.1. The van der Waals surface area contributed by atoms with Crippen LogP contribution in [-0.4, -0.2) is 17.7 Å². The van der Waals surface area contributed by atoms with Gasteiger partial charge in [0.15, 0.2) is 0 Å². The minimum absolute atomic E-state index is 0.0817. The van der Waals surface area contributed by atoms with Crippen LogP contribution in [0.15, 0.2) is 65.2 Å². The second kappa shape index (κ2) is 6.38. The highest BCUT2D eigenvalue weighted by Gasteiger charge is 2.67. The molecule has 1 N–H and O–H groups in total. The Bertz CT molecular complexity index is 1070. The summed E-state index contributed by atoms with van der Waals surface area (Å²) in [7, 11) is 0. The van der Waals surface area contributed by atoms with Crippen LogP contribution in [0.25, 0.3) is 0 Å². The van der Waals surface area contributed by atoms with Gasteiger partial charge in [-0.05, 0) is 78.6 Å². The van der Waals surface area contributed by atoms with E-state index in [9.17, 15) is 14.4 Å². The highest BCUT2D eigenvalue weighted by atomic mass is 79.9. The summed E-state index contributed by atoms with van der Waals surface area (Å²) < 4.78 is 0.936. The van der Waals surface area contributed by atoms with E-state index >= 15 is 0 Å². The van der Waals surface area contributed by atoms with Crippen molar-refractivity contribution in [3.8, 4) is 0 Å².